The molecule has 2 nitrogen and oxygen atoms in total. The van der Waals surface area contributed by atoms with E-state index in [0.29, 0.717) is 0 Å². The Hall–Kier alpha value is -1.06. The zero-order valence-corrected chi connectivity index (χ0v) is 11.3. The van der Waals surface area contributed by atoms with Gasteiger partial charge < -0.3 is 5.11 Å². The fourth-order valence-electron chi connectivity index (χ4n) is 2.69. The van der Waals surface area contributed by atoms with Gasteiger partial charge in [-0.25, -0.2) is 0 Å². The molecule has 3 rings (SSSR count). The lowest BCUT2D eigenvalue weighted by molar-refractivity contribution is 0.136. The number of fused-ring (bicyclic) bond motifs is 1. The molecular formula is C15H17NOS. The quantitative estimate of drug-likeness (QED) is 0.895. The number of hydrogen-bond donors (Lipinski definition) is 1. The van der Waals surface area contributed by atoms with E-state index in [-0.39, 0.29) is 4.75 Å². The van der Waals surface area contributed by atoms with E-state index in [1.165, 1.54) is 6.42 Å². The Morgan fingerprint density at radius 1 is 1.33 bits per heavy atom. The Morgan fingerprint density at radius 2 is 2.17 bits per heavy atom. The number of nitrogens with zero attached hydrogens (tertiary/aromatic N) is 1. The number of aliphatic hydroxyl groups is 1. The van der Waals surface area contributed by atoms with Crippen LogP contribution in [0.3, 0.4) is 0 Å². The zero-order valence-electron chi connectivity index (χ0n) is 10.5. The van der Waals surface area contributed by atoms with E-state index in [1.807, 2.05) is 42.1 Å². The van der Waals surface area contributed by atoms with Gasteiger partial charge in [-0.05, 0) is 31.6 Å². The van der Waals surface area contributed by atoms with Crippen molar-refractivity contribution in [2.75, 3.05) is 5.75 Å². The number of aliphatic hydroxyl groups excluding tert-OH is 1. The Kier molecular flexibility index (Phi) is 3.04. The number of thioether (sulfide) groups is 1. The summed E-state index contributed by atoms with van der Waals surface area (Å²) in [6.07, 6.45) is 3.62. The fourth-order valence-corrected chi connectivity index (χ4v) is 4.02. The van der Waals surface area contributed by atoms with Gasteiger partial charge in [0, 0.05) is 21.9 Å². The molecule has 1 aliphatic heterocycles. The number of benzene rings is 1. The third-order valence-corrected chi connectivity index (χ3v) is 5.37. The number of para-hydroxylation sites is 1. The van der Waals surface area contributed by atoms with Crippen LogP contribution >= 0.6 is 11.8 Å². The summed E-state index contributed by atoms with van der Waals surface area (Å²) in [5.74, 6) is 1.14. The third-order valence-electron chi connectivity index (χ3n) is 3.79. The van der Waals surface area contributed by atoms with Crippen LogP contribution in [0.2, 0.25) is 0 Å². The molecule has 0 radical (unpaired) electrons. The molecule has 3 heteroatoms. The first-order valence-corrected chi connectivity index (χ1v) is 7.35. The standard InChI is InChI=1S/C15H17NOS/c1-15(8-4-10-18-15)14(17)12-7-2-5-11-6-3-9-16-13(11)12/h2-3,5-7,9,14,17H,4,8,10H2,1H3. The van der Waals surface area contributed by atoms with Crippen LogP contribution in [-0.2, 0) is 0 Å². The largest absolute Gasteiger partial charge is 0.387 e. The average molecular weight is 259 g/mol. The number of hydrogen-bond acceptors (Lipinski definition) is 3. The first kappa shape index (κ1) is 12.0. The van der Waals surface area contributed by atoms with Crippen molar-refractivity contribution in [3.63, 3.8) is 0 Å². The van der Waals surface area contributed by atoms with Crippen LogP contribution in [-0.4, -0.2) is 20.6 Å². The van der Waals surface area contributed by atoms with Crippen molar-refractivity contribution in [1.82, 2.24) is 4.98 Å². The van der Waals surface area contributed by atoms with Crippen LogP contribution in [0.5, 0.6) is 0 Å². The van der Waals surface area contributed by atoms with E-state index >= 15 is 0 Å². The Morgan fingerprint density at radius 3 is 2.94 bits per heavy atom. The van der Waals surface area contributed by atoms with Crippen molar-refractivity contribution < 1.29 is 5.11 Å². The molecule has 0 amide bonds. The molecule has 0 aliphatic carbocycles. The van der Waals surface area contributed by atoms with Crippen molar-refractivity contribution in [3.8, 4) is 0 Å². The minimum Gasteiger partial charge on any atom is -0.387 e. The third kappa shape index (κ3) is 1.91. The molecule has 1 fully saturated rings. The van der Waals surface area contributed by atoms with Gasteiger partial charge in [0.1, 0.15) is 0 Å². The molecule has 1 aliphatic rings. The van der Waals surface area contributed by atoms with Crippen molar-refractivity contribution in [3.05, 3.63) is 42.1 Å². The first-order chi connectivity index (χ1) is 8.71. The average Bonchev–Trinajstić information content (AvgIpc) is 2.85. The van der Waals surface area contributed by atoms with Crippen LogP contribution in [0.4, 0.5) is 0 Å². The number of pyridine rings is 1. The van der Waals surface area contributed by atoms with Gasteiger partial charge in [-0.15, -0.1) is 0 Å². The Balaban J connectivity index is 2.08. The second kappa shape index (κ2) is 4.56. The van der Waals surface area contributed by atoms with Crippen LogP contribution < -0.4 is 0 Å². The van der Waals surface area contributed by atoms with Crippen LogP contribution in [0, 0.1) is 0 Å². The molecule has 2 unspecified atom stereocenters. The molecule has 1 saturated heterocycles. The van der Waals surface area contributed by atoms with Gasteiger partial charge in [-0.3, -0.25) is 4.98 Å². The zero-order chi connectivity index (χ0) is 12.6. The monoisotopic (exact) mass is 259 g/mol. The van der Waals surface area contributed by atoms with E-state index in [9.17, 15) is 5.11 Å². The predicted octanol–water partition coefficient (Wildman–Crippen LogP) is 3.55. The Labute approximate surface area is 111 Å². The first-order valence-electron chi connectivity index (χ1n) is 6.36. The second-order valence-corrected chi connectivity index (χ2v) is 6.72. The predicted molar refractivity (Wildman–Crippen MR) is 76.8 cm³/mol. The molecule has 2 aromatic rings. The van der Waals surface area contributed by atoms with Crippen molar-refractivity contribution >= 4 is 22.7 Å². The lowest BCUT2D eigenvalue weighted by Crippen LogP contribution is -2.26. The van der Waals surface area contributed by atoms with E-state index in [1.54, 1.807) is 6.20 Å². The van der Waals surface area contributed by atoms with Crippen molar-refractivity contribution in [1.29, 1.82) is 0 Å². The minimum absolute atomic E-state index is 0.0637. The number of rotatable bonds is 2. The normalized spacial score (nSPS) is 25.4. The molecular weight excluding hydrogens is 242 g/mol. The van der Waals surface area contributed by atoms with E-state index in [0.717, 1.165) is 28.6 Å². The molecule has 2 atom stereocenters. The molecule has 1 aromatic heterocycles. The van der Waals surface area contributed by atoms with Gasteiger partial charge in [-0.1, -0.05) is 24.3 Å². The molecule has 94 valence electrons. The summed E-state index contributed by atoms with van der Waals surface area (Å²) < 4.78 is -0.0637. The van der Waals surface area contributed by atoms with Gasteiger partial charge >= 0.3 is 0 Å². The maximum absolute atomic E-state index is 10.7. The SMILES string of the molecule is CC1(C(O)c2cccc3cccnc23)CCCS1. The molecule has 0 spiro atoms. The van der Waals surface area contributed by atoms with E-state index in [2.05, 4.69) is 11.9 Å². The highest BCUT2D eigenvalue weighted by atomic mass is 32.2. The molecule has 0 bridgehead atoms. The summed E-state index contributed by atoms with van der Waals surface area (Å²) in [5, 5.41) is 11.8. The highest BCUT2D eigenvalue weighted by molar-refractivity contribution is 8.00. The summed E-state index contributed by atoms with van der Waals surface area (Å²) in [5.41, 5.74) is 1.89. The molecule has 1 aromatic carbocycles. The second-order valence-electron chi connectivity index (χ2n) is 5.09. The van der Waals surface area contributed by atoms with E-state index < -0.39 is 6.10 Å². The van der Waals surface area contributed by atoms with Crippen molar-refractivity contribution in [2.24, 2.45) is 0 Å². The van der Waals surface area contributed by atoms with Gasteiger partial charge in [0.15, 0.2) is 0 Å². The van der Waals surface area contributed by atoms with Gasteiger partial charge in [0.05, 0.1) is 11.6 Å². The van der Waals surface area contributed by atoms with Gasteiger partial charge in [-0.2, -0.15) is 11.8 Å². The fraction of sp³-hybridized carbons (Fsp3) is 0.400. The Bertz CT molecular complexity index is 558. The molecule has 18 heavy (non-hydrogen) atoms. The molecule has 2 heterocycles. The summed E-state index contributed by atoms with van der Waals surface area (Å²) in [6.45, 7) is 2.16. The van der Waals surface area contributed by atoms with Gasteiger partial charge in [0.25, 0.3) is 0 Å². The maximum atomic E-state index is 10.7. The molecule has 1 N–H and O–H groups in total. The van der Waals surface area contributed by atoms with Crippen LogP contribution in [0.1, 0.15) is 31.4 Å². The lowest BCUT2D eigenvalue weighted by atomic mass is 9.91. The van der Waals surface area contributed by atoms with Crippen molar-refractivity contribution in [2.45, 2.75) is 30.6 Å². The minimum atomic E-state index is -0.441. The van der Waals surface area contributed by atoms with Gasteiger partial charge in [0.2, 0.25) is 0 Å². The highest BCUT2D eigenvalue weighted by Crippen LogP contribution is 2.47. The highest BCUT2D eigenvalue weighted by Gasteiger charge is 2.38. The molecule has 0 saturated carbocycles. The smallest absolute Gasteiger partial charge is 0.0954 e. The maximum Gasteiger partial charge on any atom is 0.0954 e. The summed E-state index contributed by atoms with van der Waals surface area (Å²) in [6, 6.07) is 10.0. The van der Waals surface area contributed by atoms with E-state index in [4.69, 9.17) is 0 Å². The summed E-state index contributed by atoms with van der Waals surface area (Å²) in [4.78, 5) is 4.44. The lowest BCUT2D eigenvalue weighted by Gasteiger charge is -2.29. The summed E-state index contributed by atoms with van der Waals surface area (Å²) in [7, 11) is 0. The number of aromatic nitrogens is 1. The van der Waals surface area contributed by atoms with Crippen LogP contribution in [0.15, 0.2) is 36.5 Å². The summed E-state index contributed by atoms with van der Waals surface area (Å²) >= 11 is 1.88. The topological polar surface area (TPSA) is 33.1 Å². The van der Waals surface area contributed by atoms with Crippen LogP contribution in [0.25, 0.3) is 10.9 Å².